The molecular formula is C20H27NO3S. The number of nitrogens with one attached hydrogen (secondary N) is 1. The van der Waals surface area contributed by atoms with Crippen LogP contribution in [0.5, 0.6) is 0 Å². The van der Waals surface area contributed by atoms with Crippen molar-refractivity contribution < 1.29 is 14.3 Å². The summed E-state index contributed by atoms with van der Waals surface area (Å²) in [6, 6.07) is 1.95. The van der Waals surface area contributed by atoms with Gasteiger partial charge < -0.3 is 10.1 Å². The Morgan fingerprint density at radius 1 is 1.32 bits per heavy atom. The molecule has 1 aromatic rings. The van der Waals surface area contributed by atoms with Gasteiger partial charge in [0.15, 0.2) is 6.61 Å². The van der Waals surface area contributed by atoms with E-state index in [9.17, 15) is 9.59 Å². The summed E-state index contributed by atoms with van der Waals surface area (Å²) in [4.78, 5) is 25.9. The lowest BCUT2D eigenvalue weighted by molar-refractivity contribution is -0.124. The van der Waals surface area contributed by atoms with Crippen LogP contribution in [0.2, 0.25) is 0 Å². The summed E-state index contributed by atoms with van der Waals surface area (Å²) < 4.78 is 5.18. The predicted molar refractivity (Wildman–Crippen MR) is 100.0 cm³/mol. The standard InChI is InChI=1S/C20H27NO3S/c1-14-7-8-17-16(11-14)12-18(25-17)20(23)24-13-19(22)21-10-9-15-5-3-2-4-6-15/h5,12,14H,2-4,6-11,13H2,1H3,(H,21,22)/t14-/m0/s1. The van der Waals surface area contributed by atoms with Crippen molar-refractivity contribution in [1.29, 1.82) is 0 Å². The summed E-state index contributed by atoms with van der Waals surface area (Å²) >= 11 is 1.52. The van der Waals surface area contributed by atoms with Gasteiger partial charge in [-0.3, -0.25) is 4.79 Å². The molecule has 4 nitrogen and oxygen atoms in total. The van der Waals surface area contributed by atoms with E-state index >= 15 is 0 Å². The molecule has 0 spiro atoms. The molecule has 0 bridgehead atoms. The first-order chi connectivity index (χ1) is 12.1. The van der Waals surface area contributed by atoms with E-state index in [2.05, 4.69) is 18.3 Å². The number of rotatable bonds is 6. The number of allylic oxidation sites excluding steroid dienone is 1. The van der Waals surface area contributed by atoms with Gasteiger partial charge in [0.2, 0.25) is 0 Å². The molecule has 0 aliphatic heterocycles. The van der Waals surface area contributed by atoms with Gasteiger partial charge >= 0.3 is 5.97 Å². The molecule has 3 rings (SSSR count). The summed E-state index contributed by atoms with van der Waals surface area (Å²) in [7, 11) is 0. The fraction of sp³-hybridized carbons (Fsp3) is 0.600. The third-order valence-corrected chi connectivity index (χ3v) is 6.24. The number of carbonyl (C=O) groups excluding carboxylic acids is 2. The zero-order valence-electron chi connectivity index (χ0n) is 14.9. The lowest BCUT2D eigenvalue weighted by Crippen LogP contribution is -2.29. The summed E-state index contributed by atoms with van der Waals surface area (Å²) in [6.07, 6.45) is 11.3. The maximum absolute atomic E-state index is 12.2. The normalized spacial score (nSPS) is 19.7. The topological polar surface area (TPSA) is 55.4 Å². The molecule has 1 atom stereocenters. The second-order valence-corrected chi connectivity index (χ2v) is 8.33. The summed E-state index contributed by atoms with van der Waals surface area (Å²) in [6.45, 7) is 2.66. The molecule has 0 aromatic carbocycles. The number of hydrogen-bond acceptors (Lipinski definition) is 4. The minimum atomic E-state index is -0.378. The SMILES string of the molecule is C[C@H]1CCc2sc(C(=O)OCC(=O)NCCC3=CCCCC3)cc2C1. The molecule has 0 saturated carbocycles. The minimum Gasteiger partial charge on any atom is -0.451 e. The van der Waals surface area contributed by atoms with Crippen molar-refractivity contribution in [3.05, 3.63) is 33.0 Å². The highest BCUT2D eigenvalue weighted by atomic mass is 32.1. The Balaban J connectivity index is 1.39. The number of hydrogen-bond donors (Lipinski definition) is 1. The van der Waals surface area contributed by atoms with E-state index in [1.807, 2.05) is 6.07 Å². The fourth-order valence-electron chi connectivity index (χ4n) is 3.55. The molecule has 25 heavy (non-hydrogen) atoms. The highest BCUT2D eigenvalue weighted by Gasteiger charge is 2.21. The fourth-order valence-corrected chi connectivity index (χ4v) is 4.66. The van der Waals surface area contributed by atoms with Gasteiger partial charge in [0, 0.05) is 11.4 Å². The highest BCUT2D eigenvalue weighted by Crippen LogP contribution is 2.32. The number of esters is 1. The first-order valence-corrected chi connectivity index (χ1v) is 10.2. The molecule has 1 aromatic heterocycles. The van der Waals surface area contributed by atoms with Crippen molar-refractivity contribution in [3.8, 4) is 0 Å². The molecule has 1 heterocycles. The predicted octanol–water partition coefficient (Wildman–Crippen LogP) is 4.04. The maximum Gasteiger partial charge on any atom is 0.348 e. The third kappa shape index (κ3) is 5.18. The van der Waals surface area contributed by atoms with Crippen LogP contribution >= 0.6 is 11.3 Å². The Hall–Kier alpha value is -1.62. The molecule has 0 radical (unpaired) electrons. The number of carbonyl (C=O) groups is 2. The first-order valence-electron chi connectivity index (χ1n) is 9.35. The van der Waals surface area contributed by atoms with Gasteiger partial charge in [0.1, 0.15) is 4.88 Å². The maximum atomic E-state index is 12.2. The summed E-state index contributed by atoms with van der Waals surface area (Å²) in [5, 5.41) is 2.84. The lowest BCUT2D eigenvalue weighted by Gasteiger charge is -2.16. The first kappa shape index (κ1) is 18.2. The summed E-state index contributed by atoms with van der Waals surface area (Å²) in [5.41, 5.74) is 2.71. The van der Waals surface area contributed by atoms with Crippen LogP contribution in [0, 0.1) is 5.92 Å². The van der Waals surface area contributed by atoms with E-state index in [0.717, 1.165) is 32.1 Å². The molecule has 136 valence electrons. The average molecular weight is 362 g/mol. The van der Waals surface area contributed by atoms with Gasteiger partial charge in [-0.05, 0) is 68.9 Å². The van der Waals surface area contributed by atoms with Crippen LogP contribution in [0.1, 0.15) is 65.6 Å². The molecule has 1 N–H and O–H groups in total. The molecule has 0 unspecified atom stereocenters. The van der Waals surface area contributed by atoms with Crippen molar-refractivity contribution in [3.63, 3.8) is 0 Å². The van der Waals surface area contributed by atoms with Gasteiger partial charge in [-0.25, -0.2) is 4.79 Å². The second-order valence-electron chi connectivity index (χ2n) is 7.19. The van der Waals surface area contributed by atoms with E-state index in [-0.39, 0.29) is 18.5 Å². The second kappa shape index (κ2) is 8.65. The van der Waals surface area contributed by atoms with E-state index in [1.165, 1.54) is 46.6 Å². The van der Waals surface area contributed by atoms with Crippen LogP contribution in [-0.4, -0.2) is 25.0 Å². The highest BCUT2D eigenvalue weighted by molar-refractivity contribution is 7.14. The number of amides is 1. The van der Waals surface area contributed by atoms with E-state index < -0.39 is 0 Å². The largest absolute Gasteiger partial charge is 0.451 e. The molecule has 0 saturated heterocycles. The number of aryl methyl sites for hydroxylation is 1. The number of thiophene rings is 1. The van der Waals surface area contributed by atoms with Gasteiger partial charge in [0.05, 0.1) is 0 Å². The molecular weight excluding hydrogens is 334 g/mol. The quantitative estimate of drug-likeness (QED) is 0.615. The molecule has 5 heteroatoms. The van der Waals surface area contributed by atoms with Gasteiger partial charge in [-0.15, -0.1) is 11.3 Å². The van der Waals surface area contributed by atoms with Crippen molar-refractivity contribution in [2.24, 2.45) is 5.92 Å². The Labute approximate surface area is 153 Å². The summed E-state index contributed by atoms with van der Waals surface area (Å²) in [5.74, 6) is 0.0768. The number of ether oxygens (including phenoxy) is 1. The third-order valence-electron chi connectivity index (χ3n) is 5.02. The average Bonchev–Trinajstić information content (AvgIpc) is 3.04. The van der Waals surface area contributed by atoms with E-state index in [1.54, 1.807) is 0 Å². The molecule has 2 aliphatic carbocycles. The van der Waals surface area contributed by atoms with Crippen LogP contribution in [-0.2, 0) is 22.4 Å². The van der Waals surface area contributed by atoms with Crippen LogP contribution in [0.3, 0.4) is 0 Å². The zero-order chi connectivity index (χ0) is 17.6. The molecule has 2 aliphatic rings. The minimum absolute atomic E-state index is 0.198. The lowest BCUT2D eigenvalue weighted by atomic mass is 9.90. The smallest absolute Gasteiger partial charge is 0.348 e. The van der Waals surface area contributed by atoms with Crippen molar-refractivity contribution >= 4 is 23.2 Å². The monoisotopic (exact) mass is 361 g/mol. The Morgan fingerprint density at radius 3 is 3.00 bits per heavy atom. The zero-order valence-corrected chi connectivity index (χ0v) is 15.8. The van der Waals surface area contributed by atoms with E-state index in [0.29, 0.717) is 17.3 Å². The van der Waals surface area contributed by atoms with Gasteiger partial charge in [-0.2, -0.15) is 0 Å². The van der Waals surface area contributed by atoms with Crippen molar-refractivity contribution in [2.45, 2.75) is 58.3 Å². The Kier molecular flexibility index (Phi) is 6.29. The number of fused-ring (bicyclic) bond motifs is 1. The Bertz CT molecular complexity index is 662. The van der Waals surface area contributed by atoms with Gasteiger partial charge in [-0.1, -0.05) is 18.6 Å². The van der Waals surface area contributed by atoms with Crippen LogP contribution in [0.4, 0.5) is 0 Å². The van der Waals surface area contributed by atoms with Crippen LogP contribution < -0.4 is 5.32 Å². The van der Waals surface area contributed by atoms with E-state index in [4.69, 9.17) is 4.74 Å². The Morgan fingerprint density at radius 2 is 2.20 bits per heavy atom. The van der Waals surface area contributed by atoms with Gasteiger partial charge in [0.25, 0.3) is 5.91 Å². The molecule has 0 fully saturated rings. The molecule has 1 amide bonds. The van der Waals surface area contributed by atoms with Crippen LogP contribution in [0.25, 0.3) is 0 Å². The van der Waals surface area contributed by atoms with Crippen molar-refractivity contribution in [1.82, 2.24) is 5.32 Å². The van der Waals surface area contributed by atoms with Crippen molar-refractivity contribution in [2.75, 3.05) is 13.2 Å². The van der Waals surface area contributed by atoms with Crippen LogP contribution in [0.15, 0.2) is 17.7 Å².